The number of benzene rings is 1. The van der Waals surface area contributed by atoms with Gasteiger partial charge >= 0.3 is 0 Å². The normalized spacial score (nSPS) is 15.7. The second kappa shape index (κ2) is 12.5. The molecular formula is C29H35N7O3S. The lowest BCUT2D eigenvalue weighted by Gasteiger charge is -2.38. The number of carbonyl (C=O) groups excluding carboxylic acids is 2. The van der Waals surface area contributed by atoms with E-state index in [1.165, 1.54) is 6.08 Å². The van der Waals surface area contributed by atoms with Gasteiger partial charge in [0.05, 0.1) is 0 Å². The van der Waals surface area contributed by atoms with Crippen LogP contribution in [0.3, 0.4) is 0 Å². The molecular weight excluding hydrogens is 526 g/mol. The summed E-state index contributed by atoms with van der Waals surface area (Å²) >= 11 is 1.70. The zero-order chi connectivity index (χ0) is 28.1. The summed E-state index contributed by atoms with van der Waals surface area (Å²) in [6.45, 7) is 8.45. The SMILES string of the molecule is C=CC(=O)N1CC(CCn2c(=O)ccc3cnc(Nc4cccc(N5CCN(C(=O)CCSC)CC5)c4)nc32)C1. The number of pyridine rings is 1. The summed E-state index contributed by atoms with van der Waals surface area (Å²) in [5.41, 5.74) is 2.40. The van der Waals surface area contributed by atoms with E-state index in [-0.39, 0.29) is 17.4 Å². The van der Waals surface area contributed by atoms with Crippen molar-refractivity contribution in [1.82, 2.24) is 24.3 Å². The van der Waals surface area contributed by atoms with Gasteiger partial charge in [0.25, 0.3) is 5.56 Å². The Morgan fingerprint density at radius 2 is 1.93 bits per heavy atom. The number of likely N-dealkylation sites (tertiary alicyclic amines) is 1. The molecule has 5 rings (SSSR count). The van der Waals surface area contributed by atoms with Crippen molar-refractivity contribution in [3.05, 3.63) is 65.6 Å². The number of nitrogens with one attached hydrogen (secondary N) is 1. The van der Waals surface area contributed by atoms with Gasteiger partial charge in [-0.2, -0.15) is 16.7 Å². The molecule has 0 spiro atoms. The highest BCUT2D eigenvalue weighted by Crippen LogP contribution is 2.24. The summed E-state index contributed by atoms with van der Waals surface area (Å²) in [6, 6.07) is 11.4. The molecule has 3 aromatic rings. The smallest absolute Gasteiger partial charge is 0.252 e. The van der Waals surface area contributed by atoms with E-state index < -0.39 is 0 Å². The van der Waals surface area contributed by atoms with Gasteiger partial charge in [0, 0.05) is 87.0 Å². The highest BCUT2D eigenvalue weighted by atomic mass is 32.2. The van der Waals surface area contributed by atoms with Crippen molar-refractivity contribution in [1.29, 1.82) is 0 Å². The number of amides is 2. The van der Waals surface area contributed by atoms with E-state index in [4.69, 9.17) is 4.98 Å². The van der Waals surface area contributed by atoms with E-state index in [0.29, 0.717) is 43.6 Å². The Morgan fingerprint density at radius 1 is 1.12 bits per heavy atom. The number of rotatable bonds is 10. The van der Waals surface area contributed by atoms with Gasteiger partial charge in [-0.1, -0.05) is 12.6 Å². The monoisotopic (exact) mass is 561 g/mol. The second-order valence-corrected chi connectivity index (χ2v) is 11.2. The maximum Gasteiger partial charge on any atom is 0.252 e. The number of hydrogen-bond donors (Lipinski definition) is 1. The fourth-order valence-electron chi connectivity index (χ4n) is 5.19. The molecule has 2 aliphatic heterocycles. The molecule has 2 saturated heterocycles. The van der Waals surface area contributed by atoms with Crippen molar-refractivity contribution < 1.29 is 9.59 Å². The standard InChI is InChI=1S/C29H35N7O3S/c1-3-25(37)35-19-21(20-35)9-11-36-27(39)8-7-22-18-30-29(32-28(22)36)31-23-5-4-6-24(17-23)33-12-14-34(15-13-33)26(38)10-16-40-2/h3-8,17-18,21H,1,9-16,19-20H2,2H3,(H,30,31,32). The fourth-order valence-corrected chi connectivity index (χ4v) is 5.57. The molecule has 210 valence electrons. The summed E-state index contributed by atoms with van der Waals surface area (Å²) in [6.07, 6.45) is 6.46. The minimum Gasteiger partial charge on any atom is -0.368 e. The molecule has 0 bridgehead atoms. The third-order valence-electron chi connectivity index (χ3n) is 7.55. The van der Waals surface area contributed by atoms with Gasteiger partial charge in [-0.3, -0.25) is 19.0 Å². The molecule has 1 aromatic carbocycles. The Morgan fingerprint density at radius 3 is 2.67 bits per heavy atom. The number of carbonyl (C=O) groups is 2. The van der Waals surface area contributed by atoms with Crippen LogP contribution in [0.25, 0.3) is 11.0 Å². The van der Waals surface area contributed by atoms with Crippen LogP contribution in [0, 0.1) is 5.92 Å². The Hall–Kier alpha value is -3.86. The Bertz CT molecular complexity index is 1450. The molecule has 0 saturated carbocycles. The van der Waals surface area contributed by atoms with Crippen LogP contribution in [-0.2, 0) is 16.1 Å². The van der Waals surface area contributed by atoms with Gasteiger partial charge in [-0.15, -0.1) is 0 Å². The number of aryl methyl sites for hydroxylation is 1. The topological polar surface area (TPSA) is 104 Å². The average Bonchev–Trinajstić information content (AvgIpc) is 2.96. The average molecular weight is 562 g/mol. The molecule has 40 heavy (non-hydrogen) atoms. The van der Waals surface area contributed by atoms with Crippen LogP contribution < -0.4 is 15.8 Å². The number of aromatic nitrogens is 3. The molecule has 2 amide bonds. The van der Waals surface area contributed by atoms with Gasteiger partial charge in [-0.25, -0.2) is 4.98 Å². The molecule has 0 radical (unpaired) electrons. The van der Waals surface area contributed by atoms with Crippen LogP contribution in [0.2, 0.25) is 0 Å². The summed E-state index contributed by atoms with van der Waals surface area (Å²) < 4.78 is 1.69. The Balaban J connectivity index is 1.24. The first-order valence-corrected chi connectivity index (χ1v) is 15.0. The predicted molar refractivity (Wildman–Crippen MR) is 160 cm³/mol. The Labute approximate surface area is 238 Å². The minimum absolute atomic E-state index is 0.0508. The number of nitrogens with zero attached hydrogens (tertiary/aromatic N) is 6. The van der Waals surface area contributed by atoms with Crippen molar-refractivity contribution in [2.75, 3.05) is 61.5 Å². The summed E-state index contributed by atoms with van der Waals surface area (Å²) in [7, 11) is 0. The molecule has 2 aliphatic rings. The van der Waals surface area contributed by atoms with Crippen LogP contribution >= 0.6 is 11.8 Å². The van der Waals surface area contributed by atoms with E-state index in [1.54, 1.807) is 39.6 Å². The molecule has 2 aromatic heterocycles. The first kappa shape index (κ1) is 27.7. The predicted octanol–water partition coefficient (Wildman–Crippen LogP) is 2.97. The lowest BCUT2D eigenvalue weighted by molar-refractivity contribution is -0.132. The highest BCUT2D eigenvalue weighted by Gasteiger charge is 2.29. The van der Waals surface area contributed by atoms with Crippen molar-refractivity contribution >= 4 is 51.9 Å². The summed E-state index contributed by atoms with van der Waals surface area (Å²) in [5, 5.41) is 4.09. The van der Waals surface area contributed by atoms with Gasteiger partial charge in [0.15, 0.2) is 0 Å². The van der Waals surface area contributed by atoms with Crippen molar-refractivity contribution in [3.8, 4) is 0 Å². The molecule has 11 heteroatoms. The lowest BCUT2D eigenvalue weighted by atomic mass is 9.96. The number of hydrogen-bond acceptors (Lipinski definition) is 8. The van der Waals surface area contributed by atoms with Gasteiger partial charge in [0.1, 0.15) is 5.65 Å². The second-order valence-electron chi connectivity index (χ2n) is 10.2. The zero-order valence-electron chi connectivity index (χ0n) is 22.8. The summed E-state index contributed by atoms with van der Waals surface area (Å²) in [4.78, 5) is 52.0. The lowest BCUT2D eigenvalue weighted by Crippen LogP contribution is -2.49. The van der Waals surface area contributed by atoms with Gasteiger partial charge in [-0.05, 0) is 48.9 Å². The fraction of sp³-hybridized carbons (Fsp3) is 0.414. The van der Waals surface area contributed by atoms with Crippen molar-refractivity contribution in [2.45, 2.75) is 19.4 Å². The van der Waals surface area contributed by atoms with Crippen LogP contribution in [0.4, 0.5) is 17.3 Å². The minimum atomic E-state index is -0.108. The first-order valence-electron chi connectivity index (χ1n) is 13.6. The maximum atomic E-state index is 12.8. The van der Waals surface area contributed by atoms with Gasteiger partial charge < -0.3 is 20.0 Å². The third kappa shape index (κ3) is 6.30. The highest BCUT2D eigenvalue weighted by molar-refractivity contribution is 7.98. The third-order valence-corrected chi connectivity index (χ3v) is 8.16. The number of piperazine rings is 1. The molecule has 4 heterocycles. The van der Waals surface area contributed by atoms with Crippen molar-refractivity contribution in [2.24, 2.45) is 5.92 Å². The molecule has 0 atom stereocenters. The van der Waals surface area contributed by atoms with Crippen LogP contribution in [-0.4, -0.2) is 87.4 Å². The van der Waals surface area contributed by atoms with E-state index in [9.17, 15) is 14.4 Å². The first-order chi connectivity index (χ1) is 19.4. The molecule has 0 unspecified atom stereocenters. The maximum absolute atomic E-state index is 12.8. The zero-order valence-corrected chi connectivity index (χ0v) is 23.6. The van der Waals surface area contributed by atoms with E-state index in [2.05, 4.69) is 33.9 Å². The number of fused-ring (bicyclic) bond motifs is 1. The molecule has 10 nitrogen and oxygen atoms in total. The van der Waals surface area contributed by atoms with E-state index >= 15 is 0 Å². The number of anilines is 3. The largest absolute Gasteiger partial charge is 0.368 e. The Kier molecular flexibility index (Phi) is 8.69. The summed E-state index contributed by atoms with van der Waals surface area (Å²) in [5.74, 6) is 1.80. The van der Waals surface area contributed by atoms with Gasteiger partial charge in [0.2, 0.25) is 17.8 Å². The molecule has 2 fully saturated rings. The quantitative estimate of drug-likeness (QED) is 0.377. The number of thioether (sulfide) groups is 1. The molecule has 0 aliphatic carbocycles. The van der Waals surface area contributed by atoms with Crippen LogP contribution in [0.15, 0.2) is 60.0 Å². The van der Waals surface area contributed by atoms with Crippen molar-refractivity contribution in [3.63, 3.8) is 0 Å². The van der Waals surface area contributed by atoms with Crippen LogP contribution in [0.5, 0.6) is 0 Å². The van der Waals surface area contributed by atoms with E-state index in [0.717, 1.165) is 55.1 Å². The molecule has 1 N–H and O–H groups in total. The van der Waals surface area contributed by atoms with Crippen LogP contribution in [0.1, 0.15) is 12.8 Å². The van der Waals surface area contributed by atoms with E-state index in [1.807, 2.05) is 23.3 Å².